The monoisotopic (exact) mass is 424 g/mol. The van der Waals surface area contributed by atoms with Crippen molar-refractivity contribution in [3.63, 3.8) is 0 Å². The van der Waals surface area contributed by atoms with Crippen LogP contribution in [0.1, 0.15) is 40.7 Å². The number of nitrogens with one attached hydrogen (secondary N) is 2. The van der Waals surface area contributed by atoms with Gasteiger partial charge in [0.2, 0.25) is 5.91 Å². The quantitative estimate of drug-likeness (QED) is 0.523. The summed E-state index contributed by atoms with van der Waals surface area (Å²) in [6.07, 6.45) is 1.98. The number of nitro benzene ring substituents is 1. The van der Waals surface area contributed by atoms with Crippen LogP contribution in [-0.2, 0) is 4.79 Å². The van der Waals surface area contributed by atoms with Crippen molar-refractivity contribution >= 4 is 23.2 Å². The van der Waals surface area contributed by atoms with Crippen molar-refractivity contribution in [3.05, 3.63) is 69.3 Å². The molecule has 1 aliphatic heterocycles. The van der Waals surface area contributed by atoms with Crippen molar-refractivity contribution in [1.29, 1.82) is 0 Å². The number of piperidine rings is 1. The maximum absolute atomic E-state index is 12.5. The maximum atomic E-state index is 12.5. The molecule has 1 heterocycles. The normalized spacial score (nSPS) is 14.8. The van der Waals surface area contributed by atoms with E-state index in [0.29, 0.717) is 24.2 Å². The average Bonchev–Trinajstić information content (AvgIpc) is 2.75. The summed E-state index contributed by atoms with van der Waals surface area (Å²) >= 11 is 0. The smallest absolute Gasteiger partial charge is 0.271 e. The summed E-state index contributed by atoms with van der Waals surface area (Å²) in [6.45, 7) is 5.95. The van der Waals surface area contributed by atoms with E-state index in [1.54, 1.807) is 13.0 Å². The molecule has 164 valence electrons. The summed E-state index contributed by atoms with van der Waals surface area (Å²) in [5.74, 6) is -0.207. The number of carbonyl (C=O) groups excluding carboxylic acids is 2. The number of benzene rings is 2. The first-order valence-corrected chi connectivity index (χ1v) is 10.5. The maximum Gasteiger partial charge on any atom is 0.271 e. The van der Waals surface area contributed by atoms with Crippen LogP contribution >= 0.6 is 0 Å². The van der Waals surface area contributed by atoms with Crippen LogP contribution in [0.15, 0.2) is 42.5 Å². The molecule has 0 spiro atoms. The number of nitro groups is 1. The van der Waals surface area contributed by atoms with Crippen molar-refractivity contribution in [3.8, 4) is 0 Å². The van der Waals surface area contributed by atoms with Crippen molar-refractivity contribution in [1.82, 2.24) is 10.2 Å². The van der Waals surface area contributed by atoms with Crippen molar-refractivity contribution in [2.24, 2.45) is 0 Å². The van der Waals surface area contributed by atoms with Gasteiger partial charge in [0.25, 0.3) is 11.6 Å². The molecule has 0 atom stereocenters. The summed E-state index contributed by atoms with van der Waals surface area (Å²) < 4.78 is 0. The number of hydrogen-bond donors (Lipinski definition) is 2. The van der Waals surface area contributed by atoms with Gasteiger partial charge in [-0.25, -0.2) is 0 Å². The molecule has 1 fully saturated rings. The fraction of sp³-hybridized carbons (Fsp3) is 0.391. The zero-order chi connectivity index (χ0) is 22.4. The molecule has 0 bridgehead atoms. The van der Waals surface area contributed by atoms with E-state index in [2.05, 4.69) is 15.5 Å². The lowest BCUT2D eigenvalue weighted by Crippen LogP contribution is -2.45. The molecule has 31 heavy (non-hydrogen) atoms. The number of non-ortho nitro benzene ring substituents is 1. The van der Waals surface area contributed by atoms with Gasteiger partial charge in [-0.2, -0.15) is 0 Å². The molecule has 1 saturated heterocycles. The molecule has 3 rings (SSSR count). The van der Waals surface area contributed by atoms with Gasteiger partial charge >= 0.3 is 0 Å². The molecule has 0 unspecified atom stereocenters. The number of amides is 2. The molecule has 2 N–H and O–H groups in total. The van der Waals surface area contributed by atoms with Gasteiger partial charge in [-0.1, -0.05) is 24.3 Å². The highest BCUT2D eigenvalue weighted by Gasteiger charge is 2.22. The standard InChI is InChI=1S/C23H28N4O4/c1-16-5-3-4-6-20(16)23(29)24-18-9-12-26(13-10-18)14-11-22(28)25-21-15-19(27(30)31)8-7-17(21)2/h3-8,15,18H,9-14H2,1-2H3,(H,24,29)(H,25,28). The number of aryl methyl sites for hydroxylation is 2. The van der Waals surface area contributed by atoms with Crippen molar-refractivity contribution in [2.45, 2.75) is 39.2 Å². The molecular weight excluding hydrogens is 396 g/mol. The van der Waals surface area contributed by atoms with Gasteiger partial charge in [-0.3, -0.25) is 19.7 Å². The molecule has 2 amide bonds. The van der Waals surface area contributed by atoms with E-state index >= 15 is 0 Å². The Morgan fingerprint density at radius 3 is 2.48 bits per heavy atom. The van der Waals surface area contributed by atoms with E-state index in [0.717, 1.165) is 37.1 Å². The summed E-state index contributed by atoms with van der Waals surface area (Å²) in [6, 6.07) is 12.1. The van der Waals surface area contributed by atoms with Crippen molar-refractivity contribution in [2.75, 3.05) is 25.0 Å². The first kappa shape index (κ1) is 22.4. The van der Waals surface area contributed by atoms with Crippen LogP contribution in [0.5, 0.6) is 0 Å². The fourth-order valence-corrected chi connectivity index (χ4v) is 3.72. The Balaban J connectivity index is 1.43. The van der Waals surface area contributed by atoms with E-state index in [1.807, 2.05) is 31.2 Å². The van der Waals surface area contributed by atoms with Crippen LogP contribution in [0, 0.1) is 24.0 Å². The second kappa shape index (κ2) is 10.2. The summed E-state index contributed by atoms with van der Waals surface area (Å²) in [5, 5.41) is 16.8. The highest BCUT2D eigenvalue weighted by atomic mass is 16.6. The van der Waals surface area contributed by atoms with Crippen LogP contribution in [0.25, 0.3) is 0 Å². The van der Waals surface area contributed by atoms with Gasteiger partial charge in [0.05, 0.1) is 10.6 Å². The van der Waals surface area contributed by atoms with E-state index in [9.17, 15) is 19.7 Å². The highest BCUT2D eigenvalue weighted by Crippen LogP contribution is 2.22. The minimum absolute atomic E-state index is 0.0387. The van der Waals surface area contributed by atoms with Crippen LogP contribution in [0.3, 0.4) is 0 Å². The Morgan fingerprint density at radius 2 is 1.81 bits per heavy atom. The Bertz CT molecular complexity index is 968. The van der Waals surface area contributed by atoms with E-state index in [1.165, 1.54) is 12.1 Å². The SMILES string of the molecule is Cc1ccc([N+](=O)[O-])cc1NC(=O)CCN1CCC(NC(=O)c2ccccc2C)CC1. The van der Waals surface area contributed by atoms with Crippen LogP contribution < -0.4 is 10.6 Å². The molecule has 8 nitrogen and oxygen atoms in total. The molecule has 2 aromatic carbocycles. The van der Waals surface area contributed by atoms with E-state index in [4.69, 9.17) is 0 Å². The third kappa shape index (κ3) is 6.11. The number of rotatable bonds is 7. The third-order valence-corrected chi connectivity index (χ3v) is 5.67. The van der Waals surface area contributed by atoms with Crippen LogP contribution in [0.2, 0.25) is 0 Å². The van der Waals surface area contributed by atoms with Crippen LogP contribution in [-0.4, -0.2) is 47.3 Å². The molecule has 0 aromatic heterocycles. The summed E-state index contributed by atoms with van der Waals surface area (Å²) in [7, 11) is 0. The lowest BCUT2D eigenvalue weighted by atomic mass is 10.0. The van der Waals surface area contributed by atoms with Gasteiger partial charge in [-0.15, -0.1) is 0 Å². The van der Waals surface area contributed by atoms with Gasteiger partial charge in [0.15, 0.2) is 0 Å². The molecule has 0 radical (unpaired) electrons. The molecule has 0 saturated carbocycles. The Labute approximate surface area is 181 Å². The second-order valence-corrected chi connectivity index (χ2v) is 7.96. The zero-order valence-corrected chi connectivity index (χ0v) is 17.9. The Hall–Kier alpha value is -3.26. The van der Waals surface area contributed by atoms with Gasteiger partial charge in [0, 0.05) is 49.8 Å². The molecule has 0 aliphatic carbocycles. The van der Waals surface area contributed by atoms with Gasteiger partial charge < -0.3 is 15.5 Å². The van der Waals surface area contributed by atoms with Gasteiger partial charge in [-0.05, 0) is 43.9 Å². The number of hydrogen-bond acceptors (Lipinski definition) is 5. The minimum atomic E-state index is -0.475. The Kier molecular flexibility index (Phi) is 7.36. The predicted molar refractivity (Wildman–Crippen MR) is 119 cm³/mol. The fourth-order valence-electron chi connectivity index (χ4n) is 3.72. The minimum Gasteiger partial charge on any atom is -0.349 e. The van der Waals surface area contributed by atoms with Crippen LogP contribution in [0.4, 0.5) is 11.4 Å². The summed E-state index contributed by atoms with van der Waals surface area (Å²) in [5.41, 5.74) is 2.87. The largest absolute Gasteiger partial charge is 0.349 e. The molecule has 1 aliphatic rings. The highest BCUT2D eigenvalue weighted by molar-refractivity contribution is 5.95. The molecular formula is C23H28N4O4. The van der Waals surface area contributed by atoms with E-state index < -0.39 is 4.92 Å². The lowest BCUT2D eigenvalue weighted by Gasteiger charge is -2.32. The topological polar surface area (TPSA) is 105 Å². The molecule has 2 aromatic rings. The number of carbonyl (C=O) groups is 2. The number of anilines is 1. The molecule has 8 heteroatoms. The first-order chi connectivity index (χ1) is 14.8. The second-order valence-electron chi connectivity index (χ2n) is 7.96. The van der Waals surface area contributed by atoms with E-state index in [-0.39, 0.29) is 23.5 Å². The lowest BCUT2D eigenvalue weighted by molar-refractivity contribution is -0.384. The van der Waals surface area contributed by atoms with Crippen molar-refractivity contribution < 1.29 is 14.5 Å². The average molecular weight is 425 g/mol. The summed E-state index contributed by atoms with van der Waals surface area (Å²) in [4.78, 5) is 37.5. The number of likely N-dealkylation sites (tertiary alicyclic amines) is 1. The third-order valence-electron chi connectivity index (χ3n) is 5.67. The first-order valence-electron chi connectivity index (χ1n) is 10.5. The zero-order valence-electron chi connectivity index (χ0n) is 17.9. The predicted octanol–water partition coefficient (Wildman–Crippen LogP) is 3.43. The Morgan fingerprint density at radius 1 is 1.10 bits per heavy atom. The van der Waals surface area contributed by atoms with Gasteiger partial charge in [0.1, 0.15) is 0 Å². The number of nitrogens with zero attached hydrogens (tertiary/aromatic N) is 2.